The molecular formula is C12H21N5O2. The van der Waals surface area contributed by atoms with Crippen molar-refractivity contribution >= 4 is 11.7 Å². The van der Waals surface area contributed by atoms with Crippen LogP contribution in [0.2, 0.25) is 0 Å². The maximum atomic E-state index is 11.6. The summed E-state index contributed by atoms with van der Waals surface area (Å²) in [7, 11) is 3.36. The Balaban J connectivity index is 2.30. The summed E-state index contributed by atoms with van der Waals surface area (Å²) in [6.07, 6.45) is 0.861. The van der Waals surface area contributed by atoms with Crippen molar-refractivity contribution in [1.82, 2.24) is 15.1 Å². The molecule has 0 spiro atoms. The molecule has 0 aliphatic rings. The molecule has 0 fully saturated rings. The van der Waals surface area contributed by atoms with E-state index in [4.69, 9.17) is 10.5 Å². The fraction of sp³-hybridized carbons (Fsp3) is 0.583. The van der Waals surface area contributed by atoms with Crippen molar-refractivity contribution in [2.24, 2.45) is 5.73 Å². The van der Waals surface area contributed by atoms with E-state index in [2.05, 4.69) is 15.5 Å². The molecular weight excluding hydrogens is 246 g/mol. The maximum Gasteiger partial charge on any atom is 0.273 e. The molecule has 1 heterocycles. The molecule has 7 heteroatoms. The highest BCUT2D eigenvalue weighted by molar-refractivity contribution is 5.91. The first-order valence-electron chi connectivity index (χ1n) is 6.22. The second-order valence-electron chi connectivity index (χ2n) is 4.18. The van der Waals surface area contributed by atoms with Gasteiger partial charge < -0.3 is 20.7 Å². The second kappa shape index (κ2) is 8.39. The molecule has 1 aromatic rings. The second-order valence-corrected chi connectivity index (χ2v) is 4.18. The number of hydrogen-bond acceptors (Lipinski definition) is 6. The normalized spacial score (nSPS) is 10.3. The molecule has 0 bridgehead atoms. The summed E-state index contributed by atoms with van der Waals surface area (Å²) in [5, 5.41) is 10.9. The van der Waals surface area contributed by atoms with Crippen molar-refractivity contribution in [2.45, 2.75) is 6.42 Å². The maximum absolute atomic E-state index is 11.6. The summed E-state index contributed by atoms with van der Waals surface area (Å²) >= 11 is 0. The molecule has 0 unspecified atom stereocenters. The van der Waals surface area contributed by atoms with E-state index in [0.29, 0.717) is 31.3 Å². The summed E-state index contributed by atoms with van der Waals surface area (Å²) in [5.41, 5.74) is 5.64. The van der Waals surface area contributed by atoms with Crippen LogP contribution in [0.25, 0.3) is 0 Å². The molecule has 3 N–H and O–H groups in total. The minimum atomic E-state index is -0.158. The van der Waals surface area contributed by atoms with Crippen molar-refractivity contribution in [1.29, 1.82) is 0 Å². The lowest BCUT2D eigenvalue weighted by molar-refractivity contribution is 0.0821. The quantitative estimate of drug-likeness (QED) is 0.642. The predicted octanol–water partition coefficient (Wildman–Crippen LogP) is -0.0443. The van der Waals surface area contributed by atoms with E-state index >= 15 is 0 Å². The van der Waals surface area contributed by atoms with Crippen molar-refractivity contribution in [3.63, 3.8) is 0 Å². The van der Waals surface area contributed by atoms with Crippen molar-refractivity contribution in [2.75, 3.05) is 45.7 Å². The Bertz CT molecular complexity index is 380. The molecule has 106 valence electrons. The molecule has 7 nitrogen and oxygen atoms in total. The van der Waals surface area contributed by atoms with Gasteiger partial charge in [-0.2, -0.15) is 0 Å². The molecule has 0 saturated carbocycles. The third-order valence-electron chi connectivity index (χ3n) is 2.32. The number of nitrogens with zero attached hydrogens (tertiary/aromatic N) is 3. The van der Waals surface area contributed by atoms with Gasteiger partial charge in [0.05, 0.1) is 6.61 Å². The Morgan fingerprint density at radius 1 is 1.37 bits per heavy atom. The molecule has 0 atom stereocenters. The highest BCUT2D eigenvalue weighted by Gasteiger charge is 2.09. The number of anilines is 1. The largest absolute Gasteiger partial charge is 0.380 e. The minimum Gasteiger partial charge on any atom is -0.380 e. The lowest BCUT2D eigenvalue weighted by Gasteiger charge is -2.09. The van der Waals surface area contributed by atoms with E-state index in [1.54, 1.807) is 26.2 Å². The van der Waals surface area contributed by atoms with Crippen molar-refractivity contribution in [3.8, 4) is 0 Å². The van der Waals surface area contributed by atoms with Crippen LogP contribution in [0.15, 0.2) is 12.1 Å². The van der Waals surface area contributed by atoms with Crippen LogP contribution < -0.4 is 11.1 Å². The van der Waals surface area contributed by atoms with Gasteiger partial charge in [-0.15, -0.1) is 10.2 Å². The van der Waals surface area contributed by atoms with Gasteiger partial charge in [-0.25, -0.2) is 0 Å². The van der Waals surface area contributed by atoms with E-state index in [0.717, 1.165) is 13.0 Å². The number of aromatic nitrogens is 2. The third kappa shape index (κ3) is 5.62. The number of rotatable bonds is 8. The first-order chi connectivity index (χ1) is 9.15. The van der Waals surface area contributed by atoms with Crippen LogP contribution in [0, 0.1) is 0 Å². The van der Waals surface area contributed by atoms with Crippen LogP contribution in [-0.2, 0) is 4.74 Å². The Labute approximate surface area is 113 Å². The lowest BCUT2D eigenvalue weighted by Crippen LogP contribution is -2.23. The summed E-state index contributed by atoms with van der Waals surface area (Å²) in [6, 6.07) is 3.40. The van der Waals surface area contributed by atoms with E-state index in [1.165, 1.54) is 4.90 Å². The highest BCUT2D eigenvalue weighted by atomic mass is 16.5. The Hall–Kier alpha value is -1.73. The molecule has 1 amide bonds. The van der Waals surface area contributed by atoms with Crippen LogP contribution in [0.3, 0.4) is 0 Å². The number of hydrogen-bond donors (Lipinski definition) is 2. The summed E-state index contributed by atoms with van der Waals surface area (Å²) in [4.78, 5) is 13.1. The van der Waals surface area contributed by atoms with Gasteiger partial charge in [0.25, 0.3) is 5.91 Å². The smallest absolute Gasteiger partial charge is 0.273 e. The number of amides is 1. The van der Waals surface area contributed by atoms with Crippen LogP contribution in [-0.4, -0.2) is 61.4 Å². The number of carbonyl (C=O) groups is 1. The van der Waals surface area contributed by atoms with E-state index < -0.39 is 0 Å². The van der Waals surface area contributed by atoms with Crippen molar-refractivity contribution in [3.05, 3.63) is 17.8 Å². The van der Waals surface area contributed by atoms with Gasteiger partial charge in [-0.1, -0.05) is 0 Å². The average molecular weight is 267 g/mol. The van der Waals surface area contributed by atoms with Gasteiger partial charge in [0.15, 0.2) is 5.69 Å². The van der Waals surface area contributed by atoms with E-state index in [9.17, 15) is 4.79 Å². The van der Waals surface area contributed by atoms with Gasteiger partial charge in [0.2, 0.25) is 0 Å². The molecule has 1 rings (SSSR count). The van der Waals surface area contributed by atoms with Crippen molar-refractivity contribution < 1.29 is 9.53 Å². The zero-order chi connectivity index (χ0) is 14.1. The number of carbonyl (C=O) groups excluding carboxylic acids is 1. The van der Waals surface area contributed by atoms with Gasteiger partial charge in [0, 0.05) is 33.8 Å². The first kappa shape index (κ1) is 15.3. The van der Waals surface area contributed by atoms with Crippen LogP contribution >= 0.6 is 0 Å². The van der Waals surface area contributed by atoms with E-state index in [-0.39, 0.29) is 5.91 Å². The highest BCUT2D eigenvalue weighted by Crippen LogP contribution is 2.03. The predicted molar refractivity (Wildman–Crippen MR) is 73.0 cm³/mol. The summed E-state index contributed by atoms with van der Waals surface area (Å²) < 4.78 is 5.25. The number of nitrogens with one attached hydrogen (secondary N) is 1. The summed E-state index contributed by atoms with van der Waals surface area (Å²) in [6.45, 7) is 2.52. The number of ether oxygens (including phenoxy) is 1. The zero-order valence-corrected chi connectivity index (χ0v) is 11.4. The Morgan fingerprint density at radius 2 is 2.16 bits per heavy atom. The Morgan fingerprint density at radius 3 is 2.74 bits per heavy atom. The molecule has 0 aliphatic heterocycles. The van der Waals surface area contributed by atoms with Crippen LogP contribution in [0.4, 0.5) is 5.82 Å². The molecule has 0 aliphatic carbocycles. The molecule has 0 aromatic carbocycles. The minimum absolute atomic E-state index is 0.158. The van der Waals surface area contributed by atoms with Gasteiger partial charge in [-0.3, -0.25) is 4.79 Å². The molecule has 0 radical (unpaired) electrons. The fourth-order valence-electron chi connectivity index (χ4n) is 1.35. The lowest BCUT2D eigenvalue weighted by atomic mass is 10.3. The molecule has 1 aromatic heterocycles. The SMILES string of the molecule is CN(C)C(=O)c1ccc(NCCCOCCN)nn1. The van der Waals surface area contributed by atoms with E-state index in [1.807, 2.05) is 0 Å². The number of nitrogens with two attached hydrogens (primary N) is 1. The average Bonchev–Trinajstić information content (AvgIpc) is 2.42. The van der Waals surface area contributed by atoms with Gasteiger partial charge in [-0.05, 0) is 18.6 Å². The van der Waals surface area contributed by atoms with Gasteiger partial charge in [0.1, 0.15) is 5.82 Å². The molecule has 0 saturated heterocycles. The first-order valence-corrected chi connectivity index (χ1v) is 6.22. The third-order valence-corrected chi connectivity index (χ3v) is 2.32. The Kier molecular flexibility index (Phi) is 6.76. The topological polar surface area (TPSA) is 93.4 Å². The van der Waals surface area contributed by atoms with Gasteiger partial charge >= 0.3 is 0 Å². The standard InChI is InChI=1S/C12H21N5O2/c1-17(2)12(18)10-4-5-11(16-15-10)14-7-3-8-19-9-6-13/h4-5H,3,6-9,13H2,1-2H3,(H,14,16). The zero-order valence-electron chi connectivity index (χ0n) is 11.4. The van der Waals surface area contributed by atoms with Crippen LogP contribution in [0.1, 0.15) is 16.9 Å². The fourth-order valence-corrected chi connectivity index (χ4v) is 1.35. The monoisotopic (exact) mass is 267 g/mol. The molecule has 19 heavy (non-hydrogen) atoms. The van der Waals surface area contributed by atoms with Crippen LogP contribution in [0.5, 0.6) is 0 Å². The summed E-state index contributed by atoms with van der Waals surface area (Å²) in [5.74, 6) is 0.489.